The van der Waals surface area contributed by atoms with Gasteiger partial charge in [0.2, 0.25) is 15.9 Å². The minimum atomic E-state index is -4.14. The quantitative estimate of drug-likeness (QED) is 0.419. The summed E-state index contributed by atoms with van der Waals surface area (Å²) in [5.74, 6) is -1.75. The number of nitrogens with zero attached hydrogens (tertiary/aromatic N) is 2. The first kappa shape index (κ1) is 24.3. The Morgan fingerprint density at radius 1 is 1.15 bits per heavy atom. The van der Waals surface area contributed by atoms with Crippen LogP contribution in [0.5, 0.6) is 0 Å². The van der Waals surface area contributed by atoms with Gasteiger partial charge in [-0.3, -0.25) is 9.59 Å². The fraction of sp³-hybridized carbons (Fsp3) is 0.348. The number of amides is 2. The number of rotatable bonds is 7. The third kappa shape index (κ3) is 4.72. The van der Waals surface area contributed by atoms with Gasteiger partial charge in [0.25, 0.3) is 5.91 Å². The maximum atomic E-state index is 13.6. The molecule has 0 radical (unpaired) electrons. The molecule has 2 aromatic rings. The number of esters is 1. The molecular formula is C23H23ClN2O7S. The van der Waals surface area contributed by atoms with E-state index in [0.29, 0.717) is 18.1 Å². The number of carbonyl (C=O) groups excluding carboxylic acids is 3. The van der Waals surface area contributed by atoms with E-state index in [9.17, 15) is 22.8 Å². The number of sulfonamides is 1. The molecule has 2 atom stereocenters. The Bertz CT molecular complexity index is 1190. The van der Waals surface area contributed by atoms with Gasteiger partial charge in [-0.05, 0) is 61.4 Å². The average Bonchev–Trinajstić information content (AvgIpc) is 3.44. The molecule has 0 saturated carbocycles. The average molecular weight is 507 g/mol. The van der Waals surface area contributed by atoms with Crippen molar-refractivity contribution in [2.45, 2.75) is 36.3 Å². The Kier molecular flexibility index (Phi) is 7.04. The van der Waals surface area contributed by atoms with Gasteiger partial charge in [0.15, 0.2) is 0 Å². The zero-order chi connectivity index (χ0) is 24.5. The van der Waals surface area contributed by atoms with Crippen molar-refractivity contribution in [3.8, 4) is 0 Å². The molecule has 4 rings (SSSR count). The maximum absolute atomic E-state index is 13.6. The van der Waals surface area contributed by atoms with E-state index in [1.54, 1.807) is 0 Å². The number of methoxy groups -OCH3 is 1. The highest BCUT2D eigenvalue weighted by Gasteiger charge is 2.47. The molecule has 2 fully saturated rings. The summed E-state index contributed by atoms with van der Waals surface area (Å²) in [6.45, 7) is 0.458. The lowest BCUT2D eigenvalue weighted by Gasteiger charge is -2.29. The number of benzene rings is 2. The van der Waals surface area contributed by atoms with E-state index in [1.165, 1.54) is 55.6 Å². The fourth-order valence-corrected chi connectivity index (χ4v) is 5.84. The highest BCUT2D eigenvalue weighted by molar-refractivity contribution is 7.89. The van der Waals surface area contributed by atoms with Crippen LogP contribution in [0, 0.1) is 0 Å². The molecule has 2 saturated heterocycles. The molecule has 0 aromatic heterocycles. The van der Waals surface area contributed by atoms with E-state index in [4.69, 9.17) is 16.3 Å². The van der Waals surface area contributed by atoms with Crippen molar-refractivity contribution in [2.75, 3.05) is 25.2 Å². The number of hydrogen-bond donors (Lipinski definition) is 0. The molecule has 2 aliphatic rings. The van der Waals surface area contributed by atoms with Gasteiger partial charge in [-0.2, -0.15) is 4.31 Å². The van der Waals surface area contributed by atoms with Crippen LogP contribution in [-0.2, 0) is 29.1 Å². The van der Waals surface area contributed by atoms with Gasteiger partial charge in [-0.15, -0.1) is 0 Å². The summed E-state index contributed by atoms with van der Waals surface area (Å²) in [4.78, 5) is 38.8. The Morgan fingerprint density at radius 3 is 2.41 bits per heavy atom. The molecule has 2 aromatic carbocycles. The molecule has 2 unspecified atom stereocenters. The van der Waals surface area contributed by atoms with Gasteiger partial charge in [0, 0.05) is 18.2 Å². The van der Waals surface area contributed by atoms with Crippen LogP contribution >= 0.6 is 11.6 Å². The Labute approximate surface area is 202 Å². The van der Waals surface area contributed by atoms with Crippen LogP contribution < -0.4 is 4.90 Å². The van der Waals surface area contributed by atoms with Crippen LogP contribution in [0.1, 0.15) is 29.6 Å². The fourth-order valence-electron chi connectivity index (χ4n) is 4.10. The first-order chi connectivity index (χ1) is 16.2. The topological polar surface area (TPSA) is 110 Å². The second kappa shape index (κ2) is 9.83. The van der Waals surface area contributed by atoms with Gasteiger partial charge in [0.05, 0.1) is 35.8 Å². The van der Waals surface area contributed by atoms with Crippen molar-refractivity contribution in [1.82, 2.24) is 4.31 Å². The van der Waals surface area contributed by atoms with Crippen LogP contribution in [0.4, 0.5) is 5.69 Å². The van der Waals surface area contributed by atoms with E-state index in [-0.39, 0.29) is 35.2 Å². The number of carbonyl (C=O) groups is 3. The second-order valence-electron chi connectivity index (χ2n) is 7.99. The van der Waals surface area contributed by atoms with Gasteiger partial charge >= 0.3 is 5.97 Å². The van der Waals surface area contributed by atoms with Crippen LogP contribution in [0.2, 0.25) is 5.02 Å². The monoisotopic (exact) mass is 506 g/mol. The van der Waals surface area contributed by atoms with Crippen molar-refractivity contribution in [3.63, 3.8) is 0 Å². The van der Waals surface area contributed by atoms with Gasteiger partial charge in [-0.1, -0.05) is 11.6 Å². The van der Waals surface area contributed by atoms with Gasteiger partial charge in [0.1, 0.15) is 6.04 Å². The highest BCUT2D eigenvalue weighted by atomic mass is 35.5. The standard InChI is InChI=1S/C23H23ClN2O7S/c1-32-23(29)15-4-8-17(9-5-15)26-21(27)13-20(22(26)28)25(14-18-3-2-12-33-18)34(30,31)19-10-6-16(24)7-11-19/h4-11,18,20H,2-3,12-14H2,1H3. The Balaban J connectivity index is 1.66. The first-order valence-corrected chi connectivity index (χ1v) is 12.5. The third-order valence-electron chi connectivity index (χ3n) is 5.84. The molecule has 180 valence electrons. The summed E-state index contributed by atoms with van der Waals surface area (Å²) in [5, 5.41) is 0.373. The van der Waals surface area contributed by atoms with E-state index < -0.39 is 33.8 Å². The molecule has 2 aliphatic heterocycles. The first-order valence-electron chi connectivity index (χ1n) is 10.7. The molecule has 2 heterocycles. The van der Waals surface area contributed by atoms with E-state index >= 15 is 0 Å². The summed E-state index contributed by atoms with van der Waals surface area (Å²) >= 11 is 5.91. The highest BCUT2D eigenvalue weighted by Crippen LogP contribution is 2.31. The van der Waals surface area contributed by atoms with E-state index in [1.807, 2.05) is 0 Å². The molecule has 0 bridgehead atoms. The summed E-state index contributed by atoms with van der Waals surface area (Å²) in [5.41, 5.74) is 0.498. The summed E-state index contributed by atoms with van der Waals surface area (Å²) < 4.78 is 38.5. The lowest BCUT2D eigenvalue weighted by Crippen LogP contribution is -2.48. The minimum Gasteiger partial charge on any atom is -0.465 e. The summed E-state index contributed by atoms with van der Waals surface area (Å²) in [6.07, 6.45) is 0.755. The third-order valence-corrected chi connectivity index (χ3v) is 7.99. The van der Waals surface area contributed by atoms with Gasteiger partial charge in [-0.25, -0.2) is 18.1 Å². The van der Waals surface area contributed by atoms with Crippen LogP contribution in [0.25, 0.3) is 0 Å². The lowest BCUT2D eigenvalue weighted by molar-refractivity contribution is -0.122. The maximum Gasteiger partial charge on any atom is 0.337 e. The van der Waals surface area contributed by atoms with E-state index in [0.717, 1.165) is 15.6 Å². The molecule has 0 N–H and O–H groups in total. The van der Waals surface area contributed by atoms with Crippen molar-refractivity contribution < 1.29 is 32.3 Å². The minimum absolute atomic E-state index is 0.0315. The van der Waals surface area contributed by atoms with Crippen LogP contribution in [-0.4, -0.2) is 62.9 Å². The molecule has 9 nitrogen and oxygen atoms in total. The molecule has 34 heavy (non-hydrogen) atoms. The second-order valence-corrected chi connectivity index (χ2v) is 10.3. The molecule has 0 spiro atoms. The zero-order valence-corrected chi connectivity index (χ0v) is 19.9. The van der Waals surface area contributed by atoms with Crippen molar-refractivity contribution in [2.24, 2.45) is 0 Å². The number of imide groups is 1. The van der Waals surface area contributed by atoms with Crippen LogP contribution in [0.15, 0.2) is 53.4 Å². The smallest absolute Gasteiger partial charge is 0.337 e. The van der Waals surface area contributed by atoms with Crippen molar-refractivity contribution in [1.29, 1.82) is 0 Å². The largest absolute Gasteiger partial charge is 0.465 e. The van der Waals surface area contributed by atoms with Gasteiger partial charge < -0.3 is 9.47 Å². The van der Waals surface area contributed by atoms with Crippen molar-refractivity contribution in [3.05, 3.63) is 59.1 Å². The molecule has 0 aliphatic carbocycles. The number of halogens is 1. The number of hydrogen-bond acceptors (Lipinski definition) is 7. The zero-order valence-electron chi connectivity index (χ0n) is 18.3. The Hall–Kier alpha value is -2.79. The summed E-state index contributed by atoms with van der Waals surface area (Å²) in [6, 6.07) is 10.2. The molecule has 11 heteroatoms. The Morgan fingerprint density at radius 2 is 1.82 bits per heavy atom. The predicted octanol–water partition coefficient (Wildman–Crippen LogP) is 2.63. The number of ether oxygens (including phenoxy) is 2. The number of anilines is 1. The SMILES string of the molecule is COC(=O)c1ccc(N2C(=O)CC(N(CC3CCCO3)S(=O)(=O)c3ccc(Cl)cc3)C2=O)cc1. The normalized spacial score (nSPS) is 20.9. The lowest BCUT2D eigenvalue weighted by atomic mass is 10.2. The van der Waals surface area contributed by atoms with E-state index in [2.05, 4.69) is 4.74 Å². The van der Waals surface area contributed by atoms with Crippen LogP contribution in [0.3, 0.4) is 0 Å². The predicted molar refractivity (Wildman–Crippen MR) is 123 cm³/mol. The molecule has 2 amide bonds. The summed E-state index contributed by atoms with van der Waals surface area (Å²) in [7, 11) is -2.89. The molecular weight excluding hydrogens is 484 g/mol. The van der Waals surface area contributed by atoms with Crippen molar-refractivity contribution >= 4 is 45.1 Å².